The van der Waals surface area contributed by atoms with Gasteiger partial charge >= 0.3 is 6.18 Å². The van der Waals surface area contributed by atoms with E-state index in [0.29, 0.717) is 37.2 Å². The van der Waals surface area contributed by atoms with Gasteiger partial charge in [0.1, 0.15) is 0 Å². The Kier molecular flexibility index (Phi) is 7.74. The van der Waals surface area contributed by atoms with Crippen molar-refractivity contribution in [2.75, 3.05) is 19.6 Å². The molecule has 196 valence electrons. The molecule has 0 saturated carbocycles. The first kappa shape index (κ1) is 26.1. The lowest BCUT2D eigenvalue weighted by Gasteiger charge is -2.31. The highest BCUT2D eigenvalue weighted by molar-refractivity contribution is 5.97. The number of nitrogens with one attached hydrogen (secondary N) is 1. The lowest BCUT2D eigenvalue weighted by Crippen LogP contribution is -2.40. The normalized spacial score (nSPS) is 14.5. The summed E-state index contributed by atoms with van der Waals surface area (Å²) in [6.45, 7) is 0.944. The Morgan fingerprint density at radius 1 is 1.08 bits per heavy atom. The van der Waals surface area contributed by atoms with Crippen LogP contribution in [-0.4, -0.2) is 61.7 Å². The van der Waals surface area contributed by atoms with Crippen LogP contribution in [0.4, 0.5) is 13.2 Å². The molecular weight excluding hydrogens is 489 g/mol. The predicted octanol–water partition coefficient (Wildman–Crippen LogP) is 3.26. The lowest BCUT2D eigenvalue weighted by atomic mass is 9.90. The standard InChI is InChI=1S/C25H27F3N6O3/c1-32-15-18(14-30-32)22(36)17-9-12-33(13-10-17)21(35)8-5-11-29-24(37)20-16-34(19-6-3-2-4-7-19)31-23(20)25(26,27)28/h2-4,6-7,14-17H,5,8-13H2,1H3,(H,29,37). The second-order valence-corrected chi connectivity index (χ2v) is 8.95. The number of aromatic nitrogens is 4. The van der Waals surface area contributed by atoms with E-state index in [9.17, 15) is 27.6 Å². The van der Waals surface area contributed by atoms with E-state index in [4.69, 9.17) is 0 Å². The van der Waals surface area contributed by atoms with E-state index in [-0.39, 0.29) is 37.0 Å². The van der Waals surface area contributed by atoms with Gasteiger partial charge in [0.15, 0.2) is 11.5 Å². The molecule has 1 aromatic carbocycles. The fourth-order valence-corrected chi connectivity index (χ4v) is 4.33. The van der Waals surface area contributed by atoms with E-state index >= 15 is 0 Å². The number of alkyl halides is 3. The van der Waals surface area contributed by atoms with Gasteiger partial charge in [0, 0.05) is 51.4 Å². The summed E-state index contributed by atoms with van der Waals surface area (Å²) in [5.74, 6) is -1.16. The van der Waals surface area contributed by atoms with Crippen molar-refractivity contribution >= 4 is 17.6 Å². The Labute approximate surface area is 211 Å². The number of hydrogen-bond donors (Lipinski definition) is 1. The maximum atomic E-state index is 13.5. The molecule has 1 aliphatic heterocycles. The summed E-state index contributed by atoms with van der Waals surface area (Å²) in [6.07, 6.45) is 0.994. The van der Waals surface area contributed by atoms with Crippen LogP contribution in [0, 0.1) is 5.92 Å². The number of para-hydroxylation sites is 1. The number of piperidine rings is 1. The number of nitrogens with zero attached hydrogens (tertiary/aromatic N) is 5. The Balaban J connectivity index is 1.25. The van der Waals surface area contributed by atoms with E-state index in [1.54, 1.807) is 59.4 Å². The number of aryl methyl sites for hydroxylation is 1. The summed E-state index contributed by atoms with van der Waals surface area (Å²) < 4.78 is 43.0. The highest BCUT2D eigenvalue weighted by Gasteiger charge is 2.39. The minimum Gasteiger partial charge on any atom is -0.352 e. The lowest BCUT2D eigenvalue weighted by molar-refractivity contribution is -0.141. The van der Waals surface area contributed by atoms with Crippen LogP contribution >= 0.6 is 0 Å². The van der Waals surface area contributed by atoms with Crippen LogP contribution in [0.5, 0.6) is 0 Å². The van der Waals surface area contributed by atoms with Gasteiger partial charge in [-0.15, -0.1) is 0 Å². The summed E-state index contributed by atoms with van der Waals surface area (Å²) in [6, 6.07) is 8.19. The van der Waals surface area contributed by atoms with E-state index in [2.05, 4.69) is 15.5 Å². The topological polar surface area (TPSA) is 102 Å². The number of ketones is 1. The molecule has 0 atom stereocenters. The van der Waals surface area contributed by atoms with Crippen molar-refractivity contribution < 1.29 is 27.6 Å². The van der Waals surface area contributed by atoms with Crippen molar-refractivity contribution in [3.8, 4) is 5.69 Å². The van der Waals surface area contributed by atoms with Gasteiger partial charge in [-0.05, 0) is 31.4 Å². The molecule has 1 N–H and O–H groups in total. The third kappa shape index (κ3) is 6.25. The molecule has 37 heavy (non-hydrogen) atoms. The zero-order valence-electron chi connectivity index (χ0n) is 20.2. The van der Waals surface area contributed by atoms with Gasteiger partial charge in [-0.25, -0.2) is 4.68 Å². The Bertz CT molecular complexity index is 1260. The Morgan fingerprint density at radius 3 is 2.41 bits per heavy atom. The van der Waals surface area contributed by atoms with Crippen LogP contribution in [-0.2, 0) is 18.0 Å². The Morgan fingerprint density at radius 2 is 1.78 bits per heavy atom. The van der Waals surface area contributed by atoms with Crippen LogP contribution in [0.1, 0.15) is 52.1 Å². The SMILES string of the molecule is Cn1cc(C(=O)C2CCN(C(=O)CCCNC(=O)c3cn(-c4ccccc4)nc3C(F)(F)F)CC2)cn1. The summed E-state index contributed by atoms with van der Waals surface area (Å²) in [4.78, 5) is 39.3. The fraction of sp³-hybridized carbons (Fsp3) is 0.400. The minimum absolute atomic E-state index is 0.0247. The van der Waals surface area contributed by atoms with E-state index in [1.165, 1.54) is 0 Å². The van der Waals surface area contributed by atoms with E-state index in [1.807, 2.05) is 0 Å². The molecule has 0 unspecified atom stereocenters. The second-order valence-electron chi connectivity index (χ2n) is 8.95. The zero-order chi connectivity index (χ0) is 26.6. The van der Waals surface area contributed by atoms with E-state index in [0.717, 1.165) is 10.9 Å². The third-order valence-corrected chi connectivity index (χ3v) is 6.31. The van der Waals surface area contributed by atoms with Crippen LogP contribution in [0.25, 0.3) is 5.69 Å². The number of halogens is 3. The first-order chi connectivity index (χ1) is 17.6. The molecule has 0 aliphatic carbocycles. The van der Waals surface area contributed by atoms with Crippen molar-refractivity contribution in [2.24, 2.45) is 13.0 Å². The number of Topliss-reactive ketones (excluding diaryl/α,β-unsaturated/α-hetero) is 1. The van der Waals surface area contributed by atoms with Gasteiger partial charge < -0.3 is 10.2 Å². The van der Waals surface area contributed by atoms with Crippen LogP contribution in [0.3, 0.4) is 0 Å². The molecule has 3 aromatic rings. The molecule has 2 aromatic heterocycles. The largest absolute Gasteiger partial charge is 0.435 e. The first-order valence-electron chi connectivity index (χ1n) is 11.9. The monoisotopic (exact) mass is 516 g/mol. The first-order valence-corrected chi connectivity index (χ1v) is 11.9. The van der Waals surface area contributed by atoms with Crippen molar-refractivity contribution in [3.05, 3.63) is 65.7 Å². The third-order valence-electron chi connectivity index (χ3n) is 6.31. The van der Waals surface area contributed by atoms with Gasteiger partial charge in [-0.3, -0.25) is 19.1 Å². The molecule has 1 fully saturated rings. The average Bonchev–Trinajstić information content (AvgIpc) is 3.54. The van der Waals surface area contributed by atoms with Gasteiger partial charge in [-0.1, -0.05) is 18.2 Å². The van der Waals surface area contributed by atoms with Crippen LogP contribution in [0.15, 0.2) is 48.9 Å². The van der Waals surface area contributed by atoms with Gasteiger partial charge in [0.2, 0.25) is 5.91 Å². The highest BCUT2D eigenvalue weighted by atomic mass is 19.4. The molecule has 2 amide bonds. The van der Waals surface area contributed by atoms with Gasteiger partial charge in [0.25, 0.3) is 5.91 Å². The highest BCUT2D eigenvalue weighted by Crippen LogP contribution is 2.31. The van der Waals surface area contributed by atoms with E-state index < -0.39 is 23.3 Å². The summed E-state index contributed by atoms with van der Waals surface area (Å²) in [7, 11) is 1.74. The number of likely N-dealkylation sites (tertiary alicyclic amines) is 1. The molecular formula is C25H27F3N6O3. The predicted molar refractivity (Wildman–Crippen MR) is 127 cm³/mol. The van der Waals surface area contributed by atoms with Crippen molar-refractivity contribution in [3.63, 3.8) is 0 Å². The average molecular weight is 517 g/mol. The maximum Gasteiger partial charge on any atom is 0.435 e. The molecule has 0 bridgehead atoms. The molecule has 0 radical (unpaired) electrons. The fourth-order valence-electron chi connectivity index (χ4n) is 4.33. The summed E-state index contributed by atoms with van der Waals surface area (Å²) >= 11 is 0. The number of carbonyl (C=O) groups is 3. The van der Waals surface area contributed by atoms with Crippen molar-refractivity contribution in [1.82, 2.24) is 29.8 Å². The van der Waals surface area contributed by atoms with Crippen LogP contribution in [0.2, 0.25) is 0 Å². The number of amides is 2. The summed E-state index contributed by atoms with van der Waals surface area (Å²) in [5.41, 5.74) is -0.897. The second kappa shape index (κ2) is 11.0. The van der Waals surface area contributed by atoms with Crippen LogP contribution < -0.4 is 5.32 Å². The Hall–Kier alpha value is -3.96. The number of hydrogen-bond acceptors (Lipinski definition) is 5. The minimum atomic E-state index is -4.80. The molecule has 3 heterocycles. The molecule has 4 rings (SSSR count). The number of benzene rings is 1. The number of rotatable bonds is 8. The quantitative estimate of drug-likeness (QED) is 0.366. The summed E-state index contributed by atoms with van der Waals surface area (Å²) in [5, 5.41) is 10.1. The maximum absolute atomic E-state index is 13.5. The van der Waals surface area contributed by atoms with Crippen molar-refractivity contribution in [1.29, 1.82) is 0 Å². The van der Waals surface area contributed by atoms with Gasteiger partial charge in [-0.2, -0.15) is 23.4 Å². The smallest absolute Gasteiger partial charge is 0.352 e. The molecule has 1 aliphatic rings. The molecule has 9 nitrogen and oxygen atoms in total. The van der Waals surface area contributed by atoms with Gasteiger partial charge in [0.05, 0.1) is 23.0 Å². The molecule has 1 saturated heterocycles. The van der Waals surface area contributed by atoms with Crippen molar-refractivity contribution in [2.45, 2.75) is 31.9 Å². The zero-order valence-corrected chi connectivity index (χ0v) is 20.2. The molecule has 12 heteroatoms. The molecule has 0 spiro atoms. The number of carbonyl (C=O) groups excluding carboxylic acids is 3.